The number of carbonyl (C=O) groups is 1. The number of halogens is 1. The Hall–Kier alpha value is -2.10. The smallest absolute Gasteiger partial charge is 0.232 e. The lowest BCUT2D eigenvalue weighted by molar-refractivity contribution is -0.121. The fourth-order valence-electron chi connectivity index (χ4n) is 3.12. The molecule has 2 aromatic carbocycles. The Bertz CT molecular complexity index is 1150. The number of carbonyl (C=O) groups excluding carboxylic acids is 1. The molecule has 0 aliphatic rings. The van der Waals surface area contributed by atoms with Gasteiger partial charge in [0.25, 0.3) is 0 Å². The summed E-state index contributed by atoms with van der Waals surface area (Å²) >= 11 is 6.12. The minimum absolute atomic E-state index is 0.136. The fraction of sp³-hybridized carbons (Fsp3) is 0.381. The van der Waals surface area contributed by atoms with Crippen LogP contribution in [0.25, 0.3) is 0 Å². The van der Waals surface area contributed by atoms with Gasteiger partial charge in [-0.3, -0.25) is 9.10 Å². The molecule has 1 N–H and O–H groups in total. The third kappa shape index (κ3) is 6.95. The second-order valence-corrected chi connectivity index (χ2v) is 11.8. The van der Waals surface area contributed by atoms with Crippen molar-refractivity contribution in [1.82, 2.24) is 5.32 Å². The summed E-state index contributed by atoms with van der Waals surface area (Å²) in [5, 5.41) is 3.32. The fourth-order valence-corrected chi connectivity index (χ4v) is 4.93. The first-order valence-electron chi connectivity index (χ1n) is 9.63. The van der Waals surface area contributed by atoms with Crippen molar-refractivity contribution >= 4 is 43.1 Å². The Balaban J connectivity index is 1.98. The topological polar surface area (TPSA) is 101 Å². The third-order valence-corrected chi connectivity index (χ3v) is 7.58. The maximum Gasteiger partial charge on any atom is 0.232 e. The van der Waals surface area contributed by atoms with Crippen LogP contribution in [0.5, 0.6) is 0 Å². The Labute approximate surface area is 189 Å². The SMILES string of the molecule is Cc1c(Cl)cccc1N(CCCC(=O)NC(C)c1ccc(S(C)(=O)=O)cc1)S(C)(=O)=O. The van der Waals surface area contributed by atoms with Crippen molar-refractivity contribution in [2.24, 2.45) is 0 Å². The Morgan fingerprint density at radius 3 is 2.23 bits per heavy atom. The Kier molecular flexibility index (Phi) is 8.13. The quantitative estimate of drug-likeness (QED) is 0.584. The summed E-state index contributed by atoms with van der Waals surface area (Å²) in [6.45, 7) is 3.69. The molecular weight excluding hydrogens is 460 g/mol. The lowest BCUT2D eigenvalue weighted by Gasteiger charge is -2.24. The van der Waals surface area contributed by atoms with Crippen LogP contribution in [-0.2, 0) is 24.7 Å². The number of nitrogens with one attached hydrogen (secondary N) is 1. The van der Waals surface area contributed by atoms with Gasteiger partial charge in [0.1, 0.15) is 0 Å². The second kappa shape index (κ2) is 10.0. The molecule has 2 aromatic rings. The van der Waals surface area contributed by atoms with Crippen LogP contribution in [0.15, 0.2) is 47.4 Å². The highest BCUT2D eigenvalue weighted by molar-refractivity contribution is 7.92. The number of sulfonamides is 1. The van der Waals surface area contributed by atoms with Gasteiger partial charge in [0.15, 0.2) is 9.84 Å². The minimum atomic E-state index is -3.54. The van der Waals surface area contributed by atoms with E-state index in [1.165, 1.54) is 16.4 Å². The van der Waals surface area contributed by atoms with Crippen molar-refractivity contribution in [2.75, 3.05) is 23.4 Å². The van der Waals surface area contributed by atoms with E-state index in [-0.39, 0.29) is 29.8 Å². The van der Waals surface area contributed by atoms with E-state index in [1.807, 2.05) is 0 Å². The summed E-state index contributed by atoms with van der Waals surface area (Å²) in [7, 11) is -6.82. The van der Waals surface area contributed by atoms with Crippen LogP contribution in [0.4, 0.5) is 5.69 Å². The number of amides is 1. The molecule has 0 saturated carbocycles. The average Bonchev–Trinajstić information content (AvgIpc) is 2.66. The molecule has 0 spiro atoms. The average molecular weight is 487 g/mol. The van der Waals surface area contributed by atoms with E-state index in [0.717, 1.165) is 18.1 Å². The van der Waals surface area contributed by atoms with Gasteiger partial charge in [0.2, 0.25) is 15.9 Å². The van der Waals surface area contributed by atoms with E-state index in [4.69, 9.17) is 11.6 Å². The van der Waals surface area contributed by atoms with Gasteiger partial charge in [-0.2, -0.15) is 0 Å². The van der Waals surface area contributed by atoms with Gasteiger partial charge in [-0.15, -0.1) is 0 Å². The zero-order valence-corrected chi connectivity index (χ0v) is 20.3. The molecule has 1 amide bonds. The maximum absolute atomic E-state index is 12.3. The molecule has 31 heavy (non-hydrogen) atoms. The predicted octanol–water partition coefficient (Wildman–Crippen LogP) is 3.48. The molecule has 10 heteroatoms. The van der Waals surface area contributed by atoms with E-state index in [1.54, 1.807) is 44.2 Å². The second-order valence-electron chi connectivity index (χ2n) is 7.45. The number of hydrogen-bond acceptors (Lipinski definition) is 5. The molecule has 0 aromatic heterocycles. The number of hydrogen-bond donors (Lipinski definition) is 1. The van der Waals surface area contributed by atoms with Crippen LogP contribution in [0, 0.1) is 6.92 Å². The molecule has 1 unspecified atom stereocenters. The molecule has 2 rings (SSSR count). The van der Waals surface area contributed by atoms with Gasteiger partial charge in [-0.25, -0.2) is 16.8 Å². The first-order chi connectivity index (χ1) is 14.3. The van der Waals surface area contributed by atoms with E-state index in [2.05, 4.69) is 5.32 Å². The van der Waals surface area contributed by atoms with Crippen molar-refractivity contribution in [3.63, 3.8) is 0 Å². The largest absolute Gasteiger partial charge is 0.350 e. The van der Waals surface area contributed by atoms with Gasteiger partial charge in [0.05, 0.1) is 22.9 Å². The summed E-state index contributed by atoms with van der Waals surface area (Å²) in [5.41, 5.74) is 1.92. The highest BCUT2D eigenvalue weighted by Gasteiger charge is 2.20. The van der Waals surface area contributed by atoms with Gasteiger partial charge >= 0.3 is 0 Å². The van der Waals surface area contributed by atoms with Crippen LogP contribution >= 0.6 is 11.6 Å². The maximum atomic E-state index is 12.3. The molecular formula is C21H27ClN2O5S2. The summed E-state index contributed by atoms with van der Waals surface area (Å²) < 4.78 is 48.9. The molecule has 1 atom stereocenters. The molecule has 0 fully saturated rings. The molecule has 170 valence electrons. The molecule has 0 saturated heterocycles. The van der Waals surface area contributed by atoms with Gasteiger partial charge in [-0.05, 0) is 55.7 Å². The van der Waals surface area contributed by atoms with Crippen LogP contribution in [0.2, 0.25) is 5.02 Å². The highest BCUT2D eigenvalue weighted by Crippen LogP contribution is 2.28. The van der Waals surface area contributed by atoms with Crippen molar-refractivity contribution in [2.45, 2.75) is 37.6 Å². The number of benzene rings is 2. The van der Waals surface area contributed by atoms with E-state index < -0.39 is 19.9 Å². The summed E-state index contributed by atoms with van der Waals surface area (Å²) in [4.78, 5) is 12.6. The third-order valence-electron chi connectivity index (χ3n) is 4.86. The first kappa shape index (κ1) is 25.2. The molecule has 0 radical (unpaired) electrons. The van der Waals surface area contributed by atoms with E-state index in [9.17, 15) is 21.6 Å². The number of sulfone groups is 1. The standard InChI is InChI=1S/C21H27ClN2O5S2/c1-15-19(22)7-5-8-20(15)24(31(4,28)29)14-6-9-21(25)23-16(2)17-10-12-18(13-11-17)30(3,26)27/h5,7-8,10-13,16H,6,9,14H2,1-4H3,(H,23,25). The lowest BCUT2D eigenvalue weighted by Crippen LogP contribution is -2.33. The van der Waals surface area contributed by atoms with Crippen molar-refractivity contribution in [3.05, 3.63) is 58.6 Å². The minimum Gasteiger partial charge on any atom is -0.350 e. The Morgan fingerprint density at radius 1 is 1.06 bits per heavy atom. The summed E-state index contributed by atoms with van der Waals surface area (Å²) in [6, 6.07) is 11.1. The molecule has 0 aliphatic carbocycles. The predicted molar refractivity (Wildman–Crippen MR) is 124 cm³/mol. The van der Waals surface area contributed by atoms with Crippen molar-refractivity contribution < 1.29 is 21.6 Å². The molecule has 0 bridgehead atoms. The zero-order valence-electron chi connectivity index (χ0n) is 17.9. The molecule has 7 nitrogen and oxygen atoms in total. The summed E-state index contributed by atoms with van der Waals surface area (Å²) in [5.74, 6) is -0.226. The normalized spacial score (nSPS) is 12.9. The van der Waals surface area contributed by atoms with Crippen molar-refractivity contribution in [1.29, 1.82) is 0 Å². The summed E-state index contributed by atoms with van der Waals surface area (Å²) in [6.07, 6.45) is 2.72. The van der Waals surface area contributed by atoms with E-state index in [0.29, 0.717) is 22.7 Å². The lowest BCUT2D eigenvalue weighted by atomic mass is 10.1. The number of nitrogens with zero attached hydrogens (tertiary/aromatic N) is 1. The van der Waals surface area contributed by atoms with Crippen LogP contribution in [0.1, 0.15) is 36.9 Å². The zero-order chi connectivity index (χ0) is 23.4. The van der Waals surface area contributed by atoms with Gasteiger partial charge < -0.3 is 5.32 Å². The van der Waals surface area contributed by atoms with Crippen LogP contribution in [0.3, 0.4) is 0 Å². The van der Waals surface area contributed by atoms with Crippen LogP contribution in [-0.4, -0.2) is 41.8 Å². The van der Waals surface area contributed by atoms with Gasteiger partial charge in [-0.1, -0.05) is 29.8 Å². The highest BCUT2D eigenvalue weighted by atomic mass is 35.5. The molecule has 0 heterocycles. The molecule has 0 aliphatic heterocycles. The Morgan fingerprint density at radius 2 is 1.68 bits per heavy atom. The van der Waals surface area contributed by atoms with Gasteiger partial charge in [0, 0.05) is 24.2 Å². The van der Waals surface area contributed by atoms with Crippen molar-refractivity contribution in [3.8, 4) is 0 Å². The number of anilines is 1. The monoisotopic (exact) mass is 486 g/mol. The first-order valence-corrected chi connectivity index (χ1v) is 13.7. The van der Waals surface area contributed by atoms with E-state index >= 15 is 0 Å². The number of rotatable bonds is 9. The van der Waals surface area contributed by atoms with Crippen LogP contribution < -0.4 is 9.62 Å².